The molecule has 0 spiro atoms. The van der Waals surface area contributed by atoms with Gasteiger partial charge in [0.1, 0.15) is 0 Å². The second-order valence-corrected chi connectivity index (χ2v) is 7.19. The van der Waals surface area contributed by atoms with E-state index in [0.717, 1.165) is 5.56 Å². The van der Waals surface area contributed by atoms with Crippen LogP contribution in [0.2, 0.25) is 5.02 Å². The van der Waals surface area contributed by atoms with E-state index in [9.17, 15) is 9.59 Å². The van der Waals surface area contributed by atoms with E-state index >= 15 is 0 Å². The highest BCUT2D eigenvalue weighted by Gasteiger charge is 2.11. The van der Waals surface area contributed by atoms with Crippen molar-refractivity contribution in [2.24, 2.45) is 5.10 Å². The Hall–Kier alpha value is -3.84. The SMILES string of the molecule is COc1ccc(C(=O)N/N=C(/C)c2cccc(NC(=O)c3cccc(Cl)c3)c2)cc1OC. The number of ether oxygens (including phenoxy) is 2. The molecule has 0 aromatic heterocycles. The van der Waals surface area contributed by atoms with E-state index in [0.29, 0.717) is 39.0 Å². The zero-order valence-corrected chi connectivity index (χ0v) is 18.6. The van der Waals surface area contributed by atoms with Crippen LogP contribution in [0.1, 0.15) is 33.2 Å². The fourth-order valence-electron chi connectivity index (χ4n) is 2.90. The summed E-state index contributed by atoms with van der Waals surface area (Å²) in [6, 6.07) is 18.7. The maximum absolute atomic E-state index is 12.5. The number of benzene rings is 3. The first-order chi connectivity index (χ1) is 15.4. The number of nitrogens with zero attached hydrogens (tertiary/aromatic N) is 1. The number of carbonyl (C=O) groups excluding carboxylic acids is 2. The molecule has 3 aromatic rings. The molecule has 0 aliphatic heterocycles. The van der Waals surface area contributed by atoms with Crippen molar-refractivity contribution in [1.29, 1.82) is 0 Å². The molecular weight excluding hydrogens is 430 g/mol. The molecule has 164 valence electrons. The lowest BCUT2D eigenvalue weighted by atomic mass is 10.1. The Labute approximate surface area is 191 Å². The van der Waals surface area contributed by atoms with Gasteiger partial charge in [-0.25, -0.2) is 5.43 Å². The third-order valence-electron chi connectivity index (χ3n) is 4.60. The van der Waals surface area contributed by atoms with E-state index < -0.39 is 5.91 Å². The highest BCUT2D eigenvalue weighted by molar-refractivity contribution is 6.31. The van der Waals surface area contributed by atoms with E-state index in [-0.39, 0.29) is 5.91 Å². The van der Waals surface area contributed by atoms with Crippen molar-refractivity contribution < 1.29 is 19.1 Å². The molecule has 0 aliphatic rings. The molecule has 7 nitrogen and oxygen atoms in total. The first kappa shape index (κ1) is 22.8. The van der Waals surface area contributed by atoms with Crippen LogP contribution in [0.5, 0.6) is 11.5 Å². The average Bonchev–Trinajstić information content (AvgIpc) is 2.81. The second kappa shape index (κ2) is 10.5. The third kappa shape index (κ3) is 5.65. The predicted molar refractivity (Wildman–Crippen MR) is 125 cm³/mol. The van der Waals surface area contributed by atoms with Crippen molar-refractivity contribution in [2.45, 2.75) is 6.92 Å². The summed E-state index contributed by atoms with van der Waals surface area (Å²) in [5.41, 5.74) is 5.26. The van der Waals surface area contributed by atoms with Gasteiger partial charge >= 0.3 is 0 Å². The molecule has 0 radical (unpaired) electrons. The number of methoxy groups -OCH3 is 2. The number of nitrogens with one attached hydrogen (secondary N) is 2. The smallest absolute Gasteiger partial charge is 0.271 e. The summed E-state index contributed by atoms with van der Waals surface area (Å²) in [4.78, 5) is 24.9. The molecule has 0 aliphatic carbocycles. The summed E-state index contributed by atoms with van der Waals surface area (Å²) < 4.78 is 10.4. The van der Waals surface area contributed by atoms with Gasteiger partial charge in [-0.2, -0.15) is 5.10 Å². The molecule has 2 amide bonds. The molecule has 0 bridgehead atoms. The van der Waals surface area contributed by atoms with Crippen LogP contribution < -0.4 is 20.2 Å². The molecule has 3 aromatic carbocycles. The molecule has 0 saturated heterocycles. The largest absolute Gasteiger partial charge is 0.493 e. The zero-order valence-electron chi connectivity index (χ0n) is 17.8. The molecule has 0 atom stereocenters. The molecular formula is C24H22ClN3O4. The van der Waals surface area contributed by atoms with Crippen molar-refractivity contribution in [3.05, 3.63) is 88.4 Å². The molecule has 0 fully saturated rings. The van der Waals surface area contributed by atoms with E-state index in [1.54, 1.807) is 67.6 Å². The van der Waals surface area contributed by atoms with Gasteiger partial charge in [0.2, 0.25) is 0 Å². The van der Waals surface area contributed by atoms with Gasteiger partial charge < -0.3 is 14.8 Å². The quantitative estimate of drug-likeness (QED) is 0.400. The number of anilines is 1. The fraction of sp³-hybridized carbons (Fsp3) is 0.125. The lowest BCUT2D eigenvalue weighted by Gasteiger charge is -2.09. The van der Waals surface area contributed by atoms with Gasteiger partial charge in [0.15, 0.2) is 11.5 Å². The van der Waals surface area contributed by atoms with E-state index in [1.165, 1.54) is 14.2 Å². The van der Waals surface area contributed by atoms with Gasteiger partial charge in [0, 0.05) is 21.8 Å². The molecule has 3 rings (SSSR count). The van der Waals surface area contributed by atoms with Gasteiger partial charge in [-0.05, 0) is 61.0 Å². The van der Waals surface area contributed by atoms with E-state index in [4.69, 9.17) is 21.1 Å². The summed E-state index contributed by atoms with van der Waals surface area (Å²) in [5, 5.41) is 7.49. The topological polar surface area (TPSA) is 89.0 Å². The highest BCUT2D eigenvalue weighted by Crippen LogP contribution is 2.27. The van der Waals surface area contributed by atoms with Gasteiger partial charge in [0.05, 0.1) is 19.9 Å². The minimum Gasteiger partial charge on any atom is -0.493 e. The van der Waals surface area contributed by atoms with Crippen LogP contribution in [-0.2, 0) is 0 Å². The molecule has 0 saturated carbocycles. The zero-order chi connectivity index (χ0) is 23.1. The van der Waals surface area contributed by atoms with Crippen LogP contribution in [0.3, 0.4) is 0 Å². The van der Waals surface area contributed by atoms with E-state index in [1.807, 2.05) is 6.07 Å². The first-order valence-electron chi connectivity index (χ1n) is 9.65. The monoisotopic (exact) mass is 451 g/mol. The number of hydrogen-bond acceptors (Lipinski definition) is 5. The Morgan fingerprint density at radius 2 is 1.50 bits per heavy atom. The Morgan fingerprint density at radius 3 is 2.22 bits per heavy atom. The van der Waals surface area contributed by atoms with Gasteiger partial charge in [0.25, 0.3) is 11.8 Å². The Bertz CT molecular complexity index is 1180. The Kier molecular flexibility index (Phi) is 7.46. The molecule has 8 heteroatoms. The van der Waals surface area contributed by atoms with Crippen LogP contribution in [0, 0.1) is 0 Å². The molecule has 0 heterocycles. The van der Waals surface area contributed by atoms with Crippen LogP contribution in [0.15, 0.2) is 71.8 Å². The first-order valence-corrected chi connectivity index (χ1v) is 10.0. The fourth-order valence-corrected chi connectivity index (χ4v) is 3.09. The van der Waals surface area contributed by atoms with Crippen molar-refractivity contribution in [3.8, 4) is 11.5 Å². The van der Waals surface area contributed by atoms with Gasteiger partial charge in [-0.3, -0.25) is 9.59 Å². The Morgan fingerprint density at radius 1 is 0.812 bits per heavy atom. The second-order valence-electron chi connectivity index (χ2n) is 6.75. The minimum atomic E-state index is -0.393. The minimum absolute atomic E-state index is 0.277. The summed E-state index contributed by atoms with van der Waals surface area (Å²) in [6.07, 6.45) is 0. The molecule has 2 N–H and O–H groups in total. The Balaban J connectivity index is 1.70. The normalized spacial score (nSPS) is 10.9. The lowest BCUT2D eigenvalue weighted by Crippen LogP contribution is -2.19. The van der Waals surface area contributed by atoms with E-state index in [2.05, 4.69) is 15.8 Å². The molecule has 32 heavy (non-hydrogen) atoms. The summed E-state index contributed by atoms with van der Waals surface area (Å²) >= 11 is 5.95. The number of halogens is 1. The summed E-state index contributed by atoms with van der Waals surface area (Å²) in [7, 11) is 3.02. The van der Waals surface area contributed by atoms with Gasteiger partial charge in [-0.1, -0.05) is 29.8 Å². The van der Waals surface area contributed by atoms with Crippen molar-refractivity contribution in [3.63, 3.8) is 0 Å². The summed E-state index contributed by atoms with van der Waals surface area (Å²) in [5.74, 6) is 0.307. The van der Waals surface area contributed by atoms with Crippen molar-refractivity contribution in [1.82, 2.24) is 5.43 Å². The van der Waals surface area contributed by atoms with Crippen LogP contribution >= 0.6 is 11.6 Å². The van der Waals surface area contributed by atoms with Crippen LogP contribution in [-0.4, -0.2) is 31.7 Å². The maximum atomic E-state index is 12.5. The number of rotatable bonds is 7. The predicted octanol–water partition coefficient (Wildman–Crippen LogP) is 4.76. The average molecular weight is 452 g/mol. The standard InChI is InChI=1S/C24H22ClN3O4/c1-15(27-28-24(30)18-10-11-21(31-2)22(14-18)32-3)16-6-5-9-20(13-16)26-23(29)17-7-4-8-19(25)12-17/h4-14H,1-3H3,(H,26,29)(H,28,30)/b27-15-. The van der Waals surface area contributed by atoms with Gasteiger partial charge in [-0.15, -0.1) is 0 Å². The molecule has 0 unspecified atom stereocenters. The van der Waals surface area contributed by atoms with Crippen molar-refractivity contribution in [2.75, 3.05) is 19.5 Å². The maximum Gasteiger partial charge on any atom is 0.271 e. The number of hydrazone groups is 1. The van der Waals surface area contributed by atoms with Crippen LogP contribution in [0.25, 0.3) is 0 Å². The van der Waals surface area contributed by atoms with Crippen molar-refractivity contribution >= 4 is 34.8 Å². The highest BCUT2D eigenvalue weighted by atomic mass is 35.5. The summed E-state index contributed by atoms with van der Waals surface area (Å²) in [6.45, 7) is 1.76. The van der Waals surface area contributed by atoms with Crippen LogP contribution in [0.4, 0.5) is 5.69 Å². The third-order valence-corrected chi connectivity index (χ3v) is 4.83. The number of carbonyl (C=O) groups is 2. The number of hydrogen-bond donors (Lipinski definition) is 2. The number of amides is 2. The lowest BCUT2D eigenvalue weighted by molar-refractivity contribution is 0.0953.